The van der Waals surface area contributed by atoms with Crippen LogP contribution in [0.15, 0.2) is 29.1 Å². The summed E-state index contributed by atoms with van der Waals surface area (Å²) in [5.41, 5.74) is 0.774. The van der Waals surface area contributed by atoms with Crippen LogP contribution >= 0.6 is 7.82 Å². The van der Waals surface area contributed by atoms with Crippen LogP contribution in [-0.2, 0) is 13.6 Å². The van der Waals surface area contributed by atoms with Crippen LogP contribution in [0.1, 0.15) is 33.7 Å². The standard InChI is InChI=1S/C15H21N2O5P/c1-5-20-23(19,21-6-2)22-14-15(18)17(11(3)4)13-10-8-7-9-12(13)16-14/h7-11H,5-6H2,1-4H3. The first-order valence-electron chi connectivity index (χ1n) is 7.51. The number of nitrogens with zero attached hydrogens (tertiary/aromatic N) is 2. The molecular weight excluding hydrogens is 319 g/mol. The minimum atomic E-state index is -3.87. The van der Waals surface area contributed by atoms with E-state index in [1.807, 2.05) is 19.9 Å². The Balaban J connectivity index is 2.59. The van der Waals surface area contributed by atoms with E-state index in [1.54, 1.807) is 36.6 Å². The Kier molecular flexibility index (Phi) is 5.57. The van der Waals surface area contributed by atoms with Crippen LogP contribution < -0.4 is 10.1 Å². The first kappa shape index (κ1) is 17.7. The summed E-state index contributed by atoms with van der Waals surface area (Å²) in [7, 11) is -3.87. The van der Waals surface area contributed by atoms with Gasteiger partial charge in [0.05, 0.1) is 24.2 Å². The molecule has 0 amide bonds. The Morgan fingerprint density at radius 1 is 1.17 bits per heavy atom. The fourth-order valence-electron chi connectivity index (χ4n) is 2.22. The van der Waals surface area contributed by atoms with Crippen LogP contribution in [0.2, 0.25) is 0 Å². The molecule has 0 fully saturated rings. The molecule has 2 rings (SSSR count). The van der Waals surface area contributed by atoms with Gasteiger partial charge in [-0.15, -0.1) is 0 Å². The third-order valence-corrected chi connectivity index (χ3v) is 4.60. The lowest BCUT2D eigenvalue weighted by Crippen LogP contribution is -2.25. The highest BCUT2D eigenvalue weighted by atomic mass is 31.2. The maximum atomic E-state index is 12.7. The molecule has 0 aliphatic carbocycles. The van der Waals surface area contributed by atoms with Gasteiger partial charge in [0.15, 0.2) is 0 Å². The molecule has 0 aliphatic rings. The lowest BCUT2D eigenvalue weighted by Gasteiger charge is -2.19. The zero-order valence-electron chi connectivity index (χ0n) is 13.7. The van der Waals surface area contributed by atoms with Crippen LogP contribution in [0.3, 0.4) is 0 Å². The van der Waals surface area contributed by atoms with Crippen LogP contribution in [0.4, 0.5) is 0 Å². The van der Waals surface area contributed by atoms with Crippen molar-refractivity contribution >= 4 is 18.9 Å². The second-order valence-corrected chi connectivity index (χ2v) is 6.64. The van der Waals surface area contributed by atoms with Gasteiger partial charge in [0.25, 0.3) is 5.88 Å². The third-order valence-electron chi connectivity index (χ3n) is 3.05. The molecule has 0 saturated carbocycles. The minimum Gasteiger partial charge on any atom is -0.379 e. The van der Waals surface area contributed by atoms with Crippen molar-refractivity contribution in [2.24, 2.45) is 0 Å². The van der Waals surface area contributed by atoms with E-state index in [0.29, 0.717) is 11.0 Å². The molecule has 0 saturated heterocycles. The van der Waals surface area contributed by atoms with Crippen molar-refractivity contribution in [1.82, 2.24) is 9.55 Å². The van der Waals surface area contributed by atoms with E-state index in [4.69, 9.17) is 13.6 Å². The van der Waals surface area contributed by atoms with Crippen LogP contribution in [0, 0.1) is 0 Å². The highest BCUT2D eigenvalue weighted by Crippen LogP contribution is 2.48. The van der Waals surface area contributed by atoms with Crippen molar-refractivity contribution in [3.63, 3.8) is 0 Å². The Morgan fingerprint density at radius 2 is 1.78 bits per heavy atom. The maximum Gasteiger partial charge on any atom is 0.531 e. The number of phosphoric acid groups is 1. The van der Waals surface area contributed by atoms with E-state index in [0.717, 1.165) is 0 Å². The zero-order valence-corrected chi connectivity index (χ0v) is 14.6. The smallest absolute Gasteiger partial charge is 0.379 e. The number of benzene rings is 1. The summed E-state index contributed by atoms with van der Waals surface area (Å²) in [6.07, 6.45) is 0. The van der Waals surface area contributed by atoms with Crippen LogP contribution in [-0.4, -0.2) is 22.8 Å². The Hall–Kier alpha value is -1.69. The molecule has 1 heterocycles. The molecule has 7 nitrogen and oxygen atoms in total. The van der Waals surface area contributed by atoms with Gasteiger partial charge in [-0.3, -0.25) is 18.4 Å². The highest BCUT2D eigenvalue weighted by Gasteiger charge is 2.30. The van der Waals surface area contributed by atoms with Crippen molar-refractivity contribution in [3.8, 4) is 5.88 Å². The summed E-state index contributed by atoms with van der Waals surface area (Å²) >= 11 is 0. The van der Waals surface area contributed by atoms with Gasteiger partial charge in [0.1, 0.15) is 0 Å². The fraction of sp³-hybridized carbons (Fsp3) is 0.467. The molecule has 0 atom stereocenters. The summed E-state index contributed by atoms with van der Waals surface area (Å²) in [4.78, 5) is 16.8. The lowest BCUT2D eigenvalue weighted by atomic mass is 10.2. The molecule has 0 unspecified atom stereocenters. The number of phosphoric ester groups is 1. The van der Waals surface area contributed by atoms with E-state index < -0.39 is 13.4 Å². The topological polar surface area (TPSA) is 79.7 Å². The number of aromatic nitrogens is 2. The summed E-state index contributed by atoms with van der Waals surface area (Å²) in [6.45, 7) is 7.33. The molecule has 0 radical (unpaired) electrons. The zero-order chi connectivity index (χ0) is 17.0. The monoisotopic (exact) mass is 340 g/mol. The first-order valence-corrected chi connectivity index (χ1v) is 8.98. The number of fused-ring (bicyclic) bond motifs is 1. The average molecular weight is 340 g/mol. The van der Waals surface area contributed by atoms with Crippen molar-refractivity contribution in [2.45, 2.75) is 33.7 Å². The summed E-state index contributed by atoms with van der Waals surface area (Å²) in [5.74, 6) is -0.289. The van der Waals surface area contributed by atoms with E-state index in [1.165, 1.54) is 0 Å². The van der Waals surface area contributed by atoms with E-state index in [9.17, 15) is 9.36 Å². The molecule has 2 aromatic rings. The number of hydrogen-bond donors (Lipinski definition) is 0. The molecule has 0 spiro atoms. The molecule has 126 valence electrons. The Morgan fingerprint density at radius 3 is 2.35 bits per heavy atom. The van der Waals surface area contributed by atoms with Gasteiger partial charge in [0.2, 0.25) is 0 Å². The van der Waals surface area contributed by atoms with E-state index >= 15 is 0 Å². The van der Waals surface area contributed by atoms with Gasteiger partial charge in [-0.25, -0.2) is 9.55 Å². The molecule has 0 N–H and O–H groups in total. The normalized spacial score (nSPS) is 12.0. The lowest BCUT2D eigenvalue weighted by molar-refractivity contribution is 0.165. The first-order chi connectivity index (χ1) is 10.9. The quantitative estimate of drug-likeness (QED) is 0.717. The van der Waals surface area contributed by atoms with Crippen LogP contribution in [0.25, 0.3) is 11.0 Å². The predicted octanol–water partition coefficient (Wildman–Crippen LogP) is 3.54. The van der Waals surface area contributed by atoms with Gasteiger partial charge in [-0.2, -0.15) is 0 Å². The molecule has 23 heavy (non-hydrogen) atoms. The third kappa shape index (κ3) is 3.80. The van der Waals surface area contributed by atoms with Crippen molar-refractivity contribution in [3.05, 3.63) is 34.6 Å². The van der Waals surface area contributed by atoms with Crippen molar-refractivity contribution in [2.75, 3.05) is 13.2 Å². The van der Waals surface area contributed by atoms with Gasteiger partial charge >= 0.3 is 13.4 Å². The second kappa shape index (κ2) is 7.25. The summed E-state index contributed by atoms with van der Waals surface area (Å²) in [6, 6.07) is 7.08. The molecule has 0 bridgehead atoms. The number of para-hydroxylation sites is 2. The Labute approximate surface area is 134 Å². The van der Waals surface area contributed by atoms with Gasteiger partial charge < -0.3 is 4.52 Å². The van der Waals surface area contributed by atoms with Gasteiger partial charge in [-0.05, 0) is 39.8 Å². The molecule has 1 aromatic carbocycles. The SMILES string of the molecule is CCOP(=O)(OCC)Oc1nc2ccccc2n(C(C)C)c1=O. The fourth-order valence-corrected chi connectivity index (χ4v) is 3.36. The molecule has 0 aliphatic heterocycles. The maximum absolute atomic E-state index is 12.7. The second-order valence-electron chi connectivity index (χ2n) is 5.05. The van der Waals surface area contributed by atoms with E-state index in [2.05, 4.69) is 4.98 Å². The van der Waals surface area contributed by atoms with E-state index in [-0.39, 0.29) is 25.1 Å². The molecular formula is C15H21N2O5P. The number of rotatable bonds is 7. The molecule has 1 aromatic heterocycles. The molecule has 8 heteroatoms. The average Bonchev–Trinajstić information content (AvgIpc) is 2.48. The predicted molar refractivity (Wildman–Crippen MR) is 87.9 cm³/mol. The summed E-state index contributed by atoms with van der Waals surface area (Å²) < 4.78 is 29.4. The minimum absolute atomic E-state index is 0.115. The van der Waals surface area contributed by atoms with Gasteiger partial charge in [-0.1, -0.05) is 12.1 Å². The van der Waals surface area contributed by atoms with Crippen LogP contribution in [0.5, 0.6) is 5.88 Å². The summed E-state index contributed by atoms with van der Waals surface area (Å²) in [5, 5.41) is 0. The van der Waals surface area contributed by atoms with Gasteiger partial charge in [0, 0.05) is 6.04 Å². The van der Waals surface area contributed by atoms with Crippen molar-refractivity contribution < 1.29 is 18.1 Å². The highest BCUT2D eigenvalue weighted by molar-refractivity contribution is 7.48. The van der Waals surface area contributed by atoms with Crippen molar-refractivity contribution in [1.29, 1.82) is 0 Å². The number of hydrogen-bond acceptors (Lipinski definition) is 6. The largest absolute Gasteiger partial charge is 0.531 e. The Bertz CT molecular complexity index is 777.